The van der Waals surface area contributed by atoms with E-state index in [0.29, 0.717) is 54.6 Å². The van der Waals surface area contributed by atoms with Crippen LogP contribution in [0, 0.1) is 0 Å². The number of hydrogen-bond acceptors (Lipinski definition) is 8. The third-order valence-electron chi connectivity index (χ3n) is 5.72. The number of aromatic nitrogens is 2. The zero-order valence-electron chi connectivity index (χ0n) is 20.7. The molecule has 0 aliphatic rings. The third kappa shape index (κ3) is 6.13. The van der Waals surface area contributed by atoms with E-state index in [1.165, 1.54) is 23.1 Å². The number of pyridine rings is 1. The Balaban J connectivity index is 1.62. The van der Waals surface area contributed by atoms with Gasteiger partial charge in [0.25, 0.3) is 11.8 Å². The zero-order chi connectivity index (χ0) is 26.2. The first-order chi connectivity index (χ1) is 18.1. The first-order valence-electron chi connectivity index (χ1n) is 11.8. The molecule has 0 saturated carbocycles. The summed E-state index contributed by atoms with van der Waals surface area (Å²) in [5.74, 6) is -0.0663. The number of carbonyl (C=O) groups is 2. The Morgan fingerprint density at radius 2 is 2.05 bits per heavy atom. The van der Waals surface area contributed by atoms with Crippen molar-refractivity contribution >= 4 is 46.2 Å². The van der Waals surface area contributed by atoms with Gasteiger partial charge in [0.15, 0.2) is 5.65 Å². The highest BCUT2D eigenvalue weighted by Crippen LogP contribution is 2.29. The van der Waals surface area contributed by atoms with Gasteiger partial charge in [0.1, 0.15) is 11.4 Å². The van der Waals surface area contributed by atoms with Crippen LogP contribution < -0.4 is 21.7 Å². The number of thiophene rings is 1. The van der Waals surface area contributed by atoms with E-state index in [2.05, 4.69) is 16.0 Å². The summed E-state index contributed by atoms with van der Waals surface area (Å²) < 4.78 is 6.76. The number of benzene rings is 1. The summed E-state index contributed by atoms with van der Waals surface area (Å²) in [6, 6.07) is 11.3. The summed E-state index contributed by atoms with van der Waals surface area (Å²) in [6.07, 6.45) is 2.45. The van der Waals surface area contributed by atoms with Crippen LogP contribution in [0.5, 0.6) is 0 Å². The molecule has 5 N–H and O–H groups in total. The summed E-state index contributed by atoms with van der Waals surface area (Å²) in [4.78, 5) is 32.3. The standard InChI is InChI=1S/C26H30N6O3S2/c1-28-20-7-6-17(13-21(20)37-16-27)14-30-25(33)19-5-3-10-32-23(26(34)29-9-4-11-35-2)22(31-24(19)32)18-8-12-36-15-18/h3,5-8,10,12-13,15,28H,4,9,11,14,16,27H2,1-2H3,(H,29,34)(H,30,33). The molecule has 2 amide bonds. The second kappa shape index (κ2) is 12.7. The topological polar surface area (TPSA) is 123 Å². The van der Waals surface area contributed by atoms with Crippen molar-refractivity contribution < 1.29 is 14.3 Å². The van der Waals surface area contributed by atoms with Crippen LogP contribution in [-0.2, 0) is 11.3 Å². The number of rotatable bonds is 12. The van der Waals surface area contributed by atoms with Gasteiger partial charge in [-0.05, 0) is 47.7 Å². The number of amides is 2. The number of thioether (sulfide) groups is 1. The number of nitrogens with one attached hydrogen (secondary N) is 3. The molecule has 0 radical (unpaired) electrons. The van der Waals surface area contributed by atoms with Crippen LogP contribution in [0.2, 0.25) is 0 Å². The molecule has 0 spiro atoms. The predicted octanol–water partition coefficient (Wildman–Crippen LogP) is 3.81. The monoisotopic (exact) mass is 538 g/mol. The maximum atomic E-state index is 13.3. The minimum absolute atomic E-state index is 0.253. The van der Waals surface area contributed by atoms with Crippen LogP contribution in [0.15, 0.2) is 58.3 Å². The molecule has 0 saturated heterocycles. The number of nitrogens with two attached hydrogens (primary N) is 1. The summed E-state index contributed by atoms with van der Waals surface area (Å²) in [6.45, 7) is 1.37. The predicted molar refractivity (Wildman–Crippen MR) is 149 cm³/mol. The van der Waals surface area contributed by atoms with Crippen molar-refractivity contribution in [2.75, 3.05) is 38.5 Å². The summed E-state index contributed by atoms with van der Waals surface area (Å²) in [5.41, 5.74) is 10.2. The number of anilines is 1. The van der Waals surface area contributed by atoms with Gasteiger partial charge in [-0.1, -0.05) is 6.07 Å². The van der Waals surface area contributed by atoms with Gasteiger partial charge in [0, 0.05) is 67.5 Å². The highest BCUT2D eigenvalue weighted by Gasteiger charge is 2.24. The van der Waals surface area contributed by atoms with Gasteiger partial charge in [0.2, 0.25) is 0 Å². The lowest BCUT2D eigenvalue weighted by molar-refractivity contribution is 0.0936. The highest BCUT2D eigenvalue weighted by molar-refractivity contribution is 7.99. The molecule has 0 bridgehead atoms. The van der Waals surface area contributed by atoms with E-state index in [4.69, 9.17) is 15.5 Å². The van der Waals surface area contributed by atoms with Crippen LogP contribution in [0.3, 0.4) is 0 Å². The van der Waals surface area contributed by atoms with E-state index in [0.717, 1.165) is 21.7 Å². The van der Waals surface area contributed by atoms with Gasteiger partial charge in [-0.15, -0.1) is 11.8 Å². The SMILES string of the molecule is CNc1ccc(CNC(=O)c2cccn3c(C(=O)NCCCOC)c(-c4ccsc4)nc23)cc1SCN. The van der Waals surface area contributed by atoms with Crippen molar-refractivity contribution in [3.8, 4) is 11.3 Å². The van der Waals surface area contributed by atoms with Crippen molar-refractivity contribution in [3.05, 3.63) is 70.2 Å². The Kier molecular flexibility index (Phi) is 9.18. The van der Waals surface area contributed by atoms with Gasteiger partial charge in [0.05, 0.1) is 5.56 Å². The number of nitrogens with zero attached hydrogens (tertiary/aromatic N) is 2. The normalized spacial score (nSPS) is 11.0. The van der Waals surface area contributed by atoms with Crippen LogP contribution in [0.25, 0.3) is 16.9 Å². The molecule has 1 aromatic carbocycles. The third-order valence-corrected chi connectivity index (χ3v) is 7.22. The number of imidazole rings is 1. The molecular weight excluding hydrogens is 508 g/mol. The largest absolute Gasteiger partial charge is 0.387 e. The Morgan fingerprint density at radius 1 is 1.19 bits per heavy atom. The zero-order valence-corrected chi connectivity index (χ0v) is 22.4. The van der Waals surface area contributed by atoms with Crippen molar-refractivity contribution in [1.29, 1.82) is 0 Å². The molecule has 3 heterocycles. The lowest BCUT2D eigenvalue weighted by atomic mass is 10.2. The van der Waals surface area contributed by atoms with E-state index < -0.39 is 0 Å². The number of ether oxygens (including phenoxy) is 1. The maximum Gasteiger partial charge on any atom is 0.270 e. The molecule has 4 aromatic rings. The lowest BCUT2D eigenvalue weighted by Gasteiger charge is -2.11. The van der Waals surface area contributed by atoms with Crippen LogP contribution >= 0.6 is 23.1 Å². The average molecular weight is 539 g/mol. The Bertz CT molecular complexity index is 1370. The Hall–Kier alpha value is -3.38. The van der Waals surface area contributed by atoms with Gasteiger partial charge in [-0.3, -0.25) is 14.0 Å². The molecule has 0 atom stereocenters. The molecule has 9 nitrogen and oxygen atoms in total. The second-order valence-electron chi connectivity index (χ2n) is 8.11. The Morgan fingerprint density at radius 3 is 2.78 bits per heavy atom. The maximum absolute atomic E-state index is 13.3. The van der Waals surface area contributed by atoms with Crippen molar-refractivity contribution in [2.45, 2.75) is 17.9 Å². The van der Waals surface area contributed by atoms with E-state index in [1.54, 1.807) is 29.8 Å². The van der Waals surface area contributed by atoms with Gasteiger partial charge >= 0.3 is 0 Å². The van der Waals surface area contributed by atoms with Crippen LogP contribution in [-0.4, -0.2) is 54.4 Å². The number of carbonyl (C=O) groups excluding carboxylic acids is 2. The smallest absolute Gasteiger partial charge is 0.270 e. The van der Waals surface area contributed by atoms with E-state index in [9.17, 15) is 9.59 Å². The molecule has 3 aromatic heterocycles. The number of hydrogen-bond donors (Lipinski definition) is 4. The first kappa shape index (κ1) is 26.7. The second-order valence-corrected chi connectivity index (χ2v) is 9.95. The summed E-state index contributed by atoms with van der Waals surface area (Å²) in [5, 5.41) is 13.0. The minimum atomic E-state index is -0.273. The van der Waals surface area contributed by atoms with E-state index >= 15 is 0 Å². The van der Waals surface area contributed by atoms with Gasteiger partial charge < -0.3 is 26.4 Å². The molecule has 11 heteroatoms. The van der Waals surface area contributed by atoms with E-state index in [-0.39, 0.29) is 11.8 Å². The van der Waals surface area contributed by atoms with E-state index in [1.807, 2.05) is 42.1 Å². The number of fused-ring (bicyclic) bond motifs is 1. The van der Waals surface area contributed by atoms with Gasteiger partial charge in [-0.2, -0.15) is 11.3 Å². The molecule has 0 fully saturated rings. The fraction of sp³-hybridized carbons (Fsp3) is 0.269. The van der Waals surface area contributed by atoms with Crippen molar-refractivity contribution in [1.82, 2.24) is 20.0 Å². The fourth-order valence-corrected chi connectivity index (χ4v) is 5.31. The average Bonchev–Trinajstić information content (AvgIpc) is 3.58. The molecule has 0 unspecified atom stereocenters. The molecule has 0 aliphatic heterocycles. The summed E-state index contributed by atoms with van der Waals surface area (Å²) in [7, 11) is 3.49. The molecule has 4 rings (SSSR count). The van der Waals surface area contributed by atoms with Crippen LogP contribution in [0.1, 0.15) is 32.8 Å². The molecule has 194 valence electrons. The minimum Gasteiger partial charge on any atom is -0.387 e. The molecule has 0 aliphatic carbocycles. The van der Waals surface area contributed by atoms with Crippen LogP contribution in [0.4, 0.5) is 5.69 Å². The number of methoxy groups -OCH3 is 1. The fourth-order valence-electron chi connectivity index (χ4n) is 3.93. The highest BCUT2D eigenvalue weighted by atomic mass is 32.2. The summed E-state index contributed by atoms with van der Waals surface area (Å²) >= 11 is 3.05. The van der Waals surface area contributed by atoms with Crippen molar-refractivity contribution in [2.24, 2.45) is 5.73 Å². The van der Waals surface area contributed by atoms with Gasteiger partial charge in [-0.25, -0.2) is 4.98 Å². The lowest BCUT2D eigenvalue weighted by Crippen LogP contribution is -2.27. The molecule has 37 heavy (non-hydrogen) atoms. The quantitative estimate of drug-likeness (QED) is 0.123. The first-order valence-corrected chi connectivity index (χ1v) is 13.7. The molecular formula is C26H30N6O3S2. The Labute approximate surface area is 223 Å². The van der Waals surface area contributed by atoms with Crippen molar-refractivity contribution in [3.63, 3.8) is 0 Å².